The molecule has 214 valence electrons. The zero-order valence-electron chi connectivity index (χ0n) is 22.6. The SMILES string of the molecule is C=C/C=C(\C=C/CC1C=CC=C(Cl)C=C1)CC(NC(=O)/C(=C/C(=C\C)c1ccc(C(F)F)cc1)CO)c1ncno1. The van der Waals surface area contributed by atoms with Crippen LogP contribution in [0.2, 0.25) is 0 Å². The van der Waals surface area contributed by atoms with Crippen molar-refractivity contribution in [1.29, 1.82) is 0 Å². The Bertz CT molecular complexity index is 1390. The number of aliphatic hydroxyl groups is 1. The summed E-state index contributed by atoms with van der Waals surface area (Å²) in [5, 5.41) is 17.2. The van der Waals surface area contributed by atoms with Crippen molar-refractivity contribution in [3.05, 3.63) is 137 Å². The normalized spacial score (nSPS) is 17.1. The first-order valence-corrected chi connectivity index (χ1v) is 13.4. The van der Waals surface area contributed by atoms with Crippen molar-refractivity contribution in [2.24, 2.45) is 5.92 Å². The fourth-order valence-electron chi connectivity index (χ4n) is 4.05. The lowest BCUT2D eigenvalue weighted by Crippen LogP contribution is -2.31. The van der Waals surface area contributed by atoms with E-state index in [4.69, 9.17) is 16.1 Å². The van der Waals surface area contributed by atoms with Gasteiger partial charge in [0.15, 0.2) is 6.33 Å². The maximum atomic E-state index is 13.3. The minimum Gasteiger partial charge on any atom is -0.391 e. The molecule has 3 rings (SSSR count). The van der Waals surface area contributed by atoms with Gasteiger partial charge in [-0.15, -0.1) is 0 Å². The molecule has 6 nitrogen and oxygen atoms in total. The number of rotatable bonds is 13. The number of aromatic nitrogens is 2. The lowest BCUT2D eigenvalue weighted by atomic mass is 10.00. The van der Waals surface area contributed by atoms with Gasteiger partial charge < -0.3 is 14.9 Å². The van der Waals surface area contributed by atoms with Crippen LogP contribution >= 0.6 is 11.6 Å². The van der Waals surface area contributed by atoms with Gasteiger partial charge in [-0.2, -0.15) is 4.98 Å². The molecule has 0 bridgehead atoms. The Labute approximate surface area is 243 Å². The molecule has 0 radical (unpaired) electrons. The van der Waals surface area contributed by atoms with Gasteiger partial charge in [-0.05, 0) is 54.2 Å². The summed E-state index contributed by atoms with van der Waals surface area (Å²) in [6, 6.07) is 5.06. The minimum atomic E-state index is -2.58. The number of nitrogens with zero attached hydrogens (tertiary/aromatic N) is 2. The third-order valence-corrected chi connectivity index (χ3v) is 6.46. The quantitative estimate of drug-likeness (QED) is 0.189. The maximum Gasteiger partial charge on any atom is 0.263 e. The fraction of sp³-hybridized carbons (Fsp3) is 0.219. The number of benzene rings is 1. The minimum absolute atomic E-state index is 0.0737. The number of aliphatic hydroxyl groups excluding tert-OH is 1. The van der Waals surface area contributed by atoms with E-state index in [1.54, 1.807) is 31.2 Å². The van der Waals surface area contributed by atoms with Crippen molar-refractivity contribution >= 4 is 23.1 Å². The third kappa shape index (κ3) is 9.77. The molecule has 0 saturated heterocycles. The molecule has 0 spiro atoms. The van der Waals surface area contributed by atoms with Crippen LogP contribution in [0.15, 0.2) is 125 Å². The summed E-state index contributed by atoms with van der Waals surface area (Å²) in [7, 11) is 0. The van der Waals surface area contributed by atoms with E-state index < -0.39 is 25.0 Å². The number of nitrogens with one attached hydrogen (secondary N) is 1. The first kappa shape index (κ1) is 31.4. The molecule has 1 amide bonds. The third-order valence-electron chi connectivity index (χ3n) is 6.21. The largest absolute Gasteiger partial charge is 0.391 e. The van der Waals surface area contributed by atoms with Gasteiger partial charge in [-0.1, -0.05) is 96.2 Å². The topological polar surface area (TPSA) is 88.2 Å². The second-order valence-electron chi connectivity index (χ2n) is 9.08. The number of allylic oxidation sites excluding steroid dienone is 13. The van der Waals surface area contributed by atoms with Crippen LogP contribution in [0.4, 0.5) is 8.78 Å². The van der Waals surface area contributed by atoms with Gasteiger partial charge in [0, 0.05) is 22.6 Å². The molecular weight excluding hydrogens is 548 g/mol. The predicted octanol–water partition coefficient (Wildman–Crippen LogP) is 7.50. The summed E-state index contributed by atoms with van der Waals surface area (Å²) in [5.74, 6) is -0.165. The Hall–Kier alpha value is -4.14. The van der Waals surface area contributed by atoms with Crippen LogP contribution in [-0.2, 0) is 4.79 Å². The van der Waals surface area contributed by atoms with Crippen molar-refractivity contribution < 1.29 is 23.2 Å². The zero-order chi connectivity index (χ0) is 29.6. The van der Waals surface area contributed by atoms with Crippen LogP contribution in [0, 0.1) is 5.92 Å². The molecule has 1 aromatic carbocycles. The predicted molar refractivity (Wildman–Crippen MR) is 158 cm³/mol. The lowest BCUT2D eigenvalue weighted by Gasteiger charge is -2.17. The van der Waals surface area contributed by atoms with Crippen molar-refractivity contribution in [2.45, 2.75) is 32.2 Å². The van der Waals surface area contributed by atoms with Crippen LogP contribution in [-0.4, -0.2) is 27.8 Å². The molecule has 1 aromatic heterocycles. The van der Waals surface area contributed by atoms with Crippen LogP contribution < -0.4 is 5.32 Å². The van der Waals surface area contributed by atoms with Gasteiger partial charge in [0.05, 0.1) is 6.61 Å². The highest BCUT2D eigenvalue weighted by atomic mass is 35.5. The van der Waals surface area contributed by atoms with Gasteiger partial charge >= 0.3 is 0 Å². The van der Waals surface area contributed by atoms with Gasteiger partial charge in [0.2, 0.25) is 11.8 Å². The molecule has 2 N–H and O–H groups in total. The number of amides is 1. The summed E-state index contributed by atoms with van der Waals surface area (Å²) in [5.41, 5.74) is 2.04. The number of alkyl halides is 2. The second-order valence-corrected chi connectivity index (χ2v) is 9.52. The molecule has 2 aromatic rings. The van der Waals surface area contributed by atoms with E-state index in [-0.39, 0.29) is 22.9 Å². The van der Waals surface area contributed by atoms with Crippen molar-refractivity contribution in [2.75, 3.05) is 6.61 Å². The van der Waals surface area contributed by atoms with Crippen LogP contribution in [0.25, 0.3) is 5.57 Å². The lowest BCUT2D eigenvalue weighted by molar-refractivity contribution is -0.118. The maximum absolute atomic E-state index is 13.3. The molecular formula is C32H32ClF2N3O3. The monoisotopic (exact) mass is 579 g/mol. The molecule has 0 fully saturated rings. The average Bonchev–Trinajstić information content (AvgIpc) is 3.43. The van der Waals surface area contributed by atoms with E-state index in [9.17, 15) is 18.7 Å². The highest BCUT2D eigenvalue weighted by Gasteiger charge is 2.22. The van der Waals surface area contributed by atoms with Crippen molar-refractivity contribution in [3.63, 3.8) is 0 Å². The van der Waals surface area contributed by atoms with Crippen LogP contribution in [0.1, 0.15) is 49.3 Å². The van der Waals surface area contributed by atoms with Gasteiger partial charge in [0.1, 0.15) is 6.04 Å². The smallest absolute Gasteiger partial charge is 0.263 e. The first-order chi connectivity index (χ1) is 19.8. The second kappa shape index (κ2) is 16.2. The van der Waals surface area contributed by atoms with Gasteiger partial charge in [-0.3, -0.25) is 4.79 Å². The summed E-state index contributed by atoms with van der Waals surface area (Å²) in [4.78, 5) is 17.4. The number of halogens is 3. The highest BCUT2D eigenvalue weighted by molar-refractivity contribution is 6.31. The van der Waals surface area contributed by atoms with Crippen molar-refractivity contribution in [1.82, 2.24) is 15.5 Å². The Balaban J connectivity index is 1.77. The van der Waals surface area contributed by atoms with E-state index >= 15 is 0 Å². The number of hydrogen-bond acceptors (Lipinski definition) is 5. The molecule has 0 aliphatic heterocycles. The molecule has 2 unspecified atom stereocenters. The van der Waals surface area contributed by atoms with E-state index in [1.807, 2.05) is 42.5 Å². The molecule has 1 heterocycles. The average molecular weight is 580 g/mol. The fourth-order valence-corrected chi connectivity index (χ4v) is 4.19. The molecule has 2 atom stereocenters. The standard InChI is InChI=1S/C32H32ClF2N3O3/c1-3-7-23(10-5-8-22-9-6-11-28(33)17-12-22)18-29(32-36-21-37-41-32)38-31(40)27(20-39)19-24(4-2)25-13-15-26(16-14-25)30(34)35/h3-7,9-17,19,21-22,29-30,39H,1,8,18,20H2,2H3,(H,38,40)/b10-5-,23-7+,24-4+,27-19+. The Morgan fingerprint density at radius 3 is 2.68 bits per heavy atom. The molecule has 1 aliphatic rings. The summed E-state index contributed by atoms with van der Waals surface area (Å²) >= 11 is 6.06. The van der Waals surface area contributed by atoms with E-state index in [0.29, 0.717) is 22.6 Å². The summed E-state index contributed by atoms with van der Waals surface area (Å²) < 4.78 is 31.2. The van der Waals surface area contributed by atoms with E-state index in [1.165, 1.54) is 24.5 Å². The van der Waals surface area contributed by atoms with Crippen molar-refractivity contribution in [3.8, 4) is 0 Å². The van der Waals surface area contributed by atoms with E-state index in [0.717, 1.165) is 12.0 Å². The van der Waals surface area contributed by atoms with Gasteiger partial charge in [0.25, 0.3) is 6.43 Å². The van der Waals surface area contributed by atoms with E-state index in [2.05, 4.69) is 28.1 Å². The summed E-state index contributed by atoms with van der Waals surface area (Å²) in [6.07, 6.45) is 20.1. The Morgan fingerprint density at radius 1 is 1.27 bits per heavy atom. The Morgan fingerprint density at radius 2 is 2.05 bits per heavy atom. The molecule has 9 heteroatoms. The number of carbonyl (C=O) groups is 1. The number of carbonyl (C=O) groups excluding carboxylic acids is 1. The van der Waals surface area contributed by atoms with Crippen LogP contribution in [0.5, 0.6) is 0 Å². The van der Waals surface area contributed by atoms with Gasteiger partial charge in [-0.25, -0.2) is 8.78 Å². The van der Waals surface area contributed by atoms with Crippen LogP contribution in [0.3, 0.4) is 0 Å². The molecule has 0 saturated carbocycles. The zero-order valence-corrected chi connectivity index (χ0v) is 23.3. The number of hydrogen-bond donors (Lipinski definition) is 2. The molecule has 41 heavy (non-hydrogen) atoms. The summed E-state index contributed by atoms with van der Waals surface area (Å²) in [6.45, 7) is 5.00. The Kier molecular flexibility index (Phi) is 12.4. The highest BCUT2D eigenvalue weighted by Crippen LogP contribution is 2.25. The molecule has 1 aliphatic carbocycles. The first-order valence-electron chi connectivity index (χ1n) is 13.0.